The minimum atomic E-state index is -0.752. The second kappa shape index (κ2) is 6.62. The van der Waals surface area contributed by atoms with Crippen molar-refractivity contribution in [3.05, 3.63) is 18.2 Å². The molecule has 0 aliphatic heterocycles. The van der Waals surface area contributed by atoms with Gasteiger partial charge in [-0.1, -0.05) is 11.8 Å². The summed E-state index contributed by atoms with van der Waals surface area (Å²) in [6.07, 6.45) is -0.758. The number of esters is 1. The molecule has 0 spiro atoms. The largest absolute Gasteiger partial charge is 0.466 e. The van der Waals surface area contributed by atoms with E-state index >= 15 is 0 Å². The van der Waals surface area contributed by atoms with Crippen molar-refractivity contribution in [2.75, 3.05) is 18.1 Å². The fourth-order valence-corrected chi connectivity index (χ4v) is 2.53. The maximum absolute atomic E-state index is 11.2. The summed E-state index contributed by atoms with van der Waals surface area (Å²) in [6, 6.07) is 5.43. The third-order valence-corrected chi connectivity index (χ3v) is 3.62. The zero-order valence-corrected chi connectivity index (χ0v) is 11.9. The average Bonchev–Trinajstić information content (AvgIpc) is 2.78. The van der Waals surface area contributed by atoms with Gasteiger partial charge in [-0.25, -0.2) is 4.98 Å². The number of aliphatic hydroxyl groups is 1. The van der Waals surface area contributed by atoms with Crippen LogP contribution in [-0.4, -0.2) is 39.5 Å². The number of benzene rings is 1. The number of nitrogens with zero attached hydrogens (tertiary/aromatic N) is 1. The average molecular weight is 295 g/mol. The first-order chi connectivity index (χ1) is 9.58. The van der Waals surface area contributed by atoms with Gasteiger partial charge in [0.1, 0.15) is 0 Å². The molecule has 0 radical (unpaired) electrons. The zero-order valence-electron chi connectivity index (χ0n) is 11.1. The van der Waals surface area contributed by atoms with E-state index in [-0.39, 0.29) is 6.42 Å². The van der Waals surface area contributed by atoms with Crippen LogP contribution in [0.4, 0.5) is 5.69 Å². The molecular formula is C13H17N3O3S. The molecule has 1 aromatic heterocycles. The molecule has 2 rings (SSSR count). The Bertz CT molecular complexity index is 600. The lowest BCUT2D eigenvalue weighted by molar-refractivity contribution is -0.144. The Labute approximate surface area is 120 Å². The number of hydrogen-bond acceptors (Lipinski definition) is 6. The molecule has 1 atom stereocenters. The van der Waals surface area contributed by atoms with E-state index in [1.807, 2.05) is 6.07 Å². The lowest BCUT2D eigenvalue weighted by atomic mass is 10.3. The number of aliphatic hydroxyl groups excluding tert-OH is 1. The van der Waals surface area contributed by atoms with Crippen LogP contribution in [-0.2, 0) is 9.53 Å². The van der Waals surface area contributed by atoms with Gasteiger partial charge < -0.3 is 20.6 Å². The first kappa shape index (κ1) is 14.7. The zero-order chi connectivity index (χ0) is 14.5. The van der Waals surface area contributed by atoms with Crippen molar-refractivity contribution in [2.45, 2.75) is 24.6 Å². The molecule has 0 amide bonds. The van der Waals surface area contributed by atoms with E-state index in [4.69, 9.17) is 10.5 Å². The summed E-state index contributed by atoms with van der Waals surface area (Å²) in [5.74, 6) is -0.0216. The van der Waals surface area contributed by atoms with Crippen LogP contribution in [0.25, 0.3) is 11.0 Å². The fraction of sp³-hybridized carbons (Fsp3) is 0.385. The summed E-state index contributed by atoms with van der Waals surface area (Å²) in [6.45, 7) is 2.06. The third-order valence-electron chi connectivity index (χ3n) is 2.60. The number of aromatic nitrogens is 2. The molecule has 108 valence electrons. The Morgan fingerprint density at radius 1 is 1.60 bits per heavy atom. The van der Waals surface area contributed by atoms with E-state index in [1.165, 1.54) is 11.8 Å². The topological polar surface area (TPSA) is 101 Å². The van der Waals surface area contributed by atoms with E-state index in [2.05, 4.69) is 9.97 Å². The van der Waals surface area contributed by atoms with Crippen LogP contribution in [0.3, 0.4) is 0 Å². The molecule has 0 bridgehead atoms. The van der Waals surface area contributed by atoms with Gasteiger partial charge >= 0.3 is 5.97 Å². The number of rotatable bonds is 6. The van der Waals surface area contributed by atoms with Gasteiger partial charge in [0, 0.05) is 11.4 Å². The summed E-state index contributed by atoms with van der Waals surface area (Å²) in [7, 11) is 0. The molecule has 0 saturated heterocycles. The van der Waals surface area contributed by atoms with E-state index in [1.54, 1.807) is 19.1 Å². The third kappa shape index (κ3) is 3.88. The Hall–Kier alpha value is -1.73. The molecular weight excluding hydrogens is 278 g/mol. The number of imidazole rings is 1. The minimum Gasteiger partial charge on any atom is -0.466 e. The number of anilines is 1. The van der Waals surface area contributed by atoms with Crippen LogP contribution in [0.15, 0.2) is 23.4 Å². The predicted molar refractivity (Wildman–Crippen MR) is 78.5 cm³/mol. The molecule has 0 aliphatic carbocycles. The van der Waals surface area contributed by atoms with Crippen molar-refractivity contribution in [3.8, 4) is 0 Å². The lowest BCUT2D eigenvalue weighted by Gasteiger charge is -2.08. The van der Waals surface area contributed by atoms with Crippen molar-refractivity contribution in [1.82, 2.24) is 9.97 Å². The van der Waals surface area contributed by atoms with Crippen LogP contribution >= 0.6 is 11.8 Å². The Kier molecular flexibility index (Phi) is 4.86. The van der Waals surface area contributed by atoms with E-state index in [0.29, 0.717) is 23.2 Å². The van der Waals surface area contributed by atoms with Crippen molar-refractivity contribution in [2.24, 2.45) is 0 Å². The molecule has 0 aliphatic rings. The van der Waals surface area contributed by atoms with Crippen molar-refractivity contribution in [3.63, 3.8) is 0 Å². The number of thioether (sulfide) groups is 1. The van der Waals surface area contributed by atoms with Gasteiger partial charge in [-0.2, -0.15) is 0 Å². The Balaban J connectivity index is 1.90. The number of nitrogen functional groups attached to an aromatic ring is 1. The summed E-state index contributed by atoms with van der Waals surface area (Å²) in [4.78, 5) is 18.7. The van der Waals surface area contributed by atoms with E-state index in [0.717, 1.165) is 11.0 Å². The van der Waals surface area contributed by atoms with Crippen LogP contribution in [0.2, 0.25) is 0 Å². The molecule has 1 aromatic carbocycles. The Morgan fingerprint density at radius 2 is 2.40 bits per heavy atom. The first-order valence-electron chi connectivity index (χ1n) is 6.30. The molecule has 6 nitrogen and oxygen atoms in total. The predicted octanol–water partition coefficient (Wildman–Crippen LogP) is 1.55. The number of hydrogen-bond donors (Lipinski definition) is 3. The van der Waals surface area contributed by atoms with E-state index < -0.39 is 12.1 Å². The van der Waals surface area contributed by atoms with Gasteiger partial charge in [-0.05, 0) is 25.1 Å². The van der Waals surface area contributed by atoms with Gasteiger partial charge in [-0.15, -0.1) is 0 Å². The molecule has 4 N–H and O–H groups in total. The second-order valence-electron chi connectivity index (χ2n) is 4.29. The maximum Gasteiger partial charge on any atom is 0.308 e. The van der Waals surface area contributed by atoms with Gasteiger partial charge in [0.25, 0.3) is 0 Å². The number of ether oxygens (including phenoxy) is 1. The van der Waals surface area contributed by atoms with Crippen molar-refractivity contribution >= 4 is 34.5 Å². The van der Waals surface area contributed by atoms with Gasteiger partial charge in [0.15, 0.2) is 5.16 Å². The van der Waals surface area contributed by atoms with Gasteiger partial charge in [-0.3, -0.25) is 4.79 Å². The molecule has 0 fully saturated rings. The molecule has 1 heterocycles. The summed E-state index contributed by atoms with van der Waals surface area (Å²) < 4.78 is 4.78. The Morgan fingerprint density at radius 3 is 3.15 bits per heavy atom. The number of carbonyl (C=O) groups excluding carboxylic acids is 1. The highest BCUT2D eigenvalue weighted by Crippen LogP contribution is 2.22. The van der Waals surface area contributed by atoms with Gasteiger partial charge in [0.2, 0.25) is 0 Å². The van der Waals surface area contributed by atoms with Crippen LogP contribution in [0.1, 0.15) is 13.3 Å². The smallest absolute Gasteiger partial charge is 0.308 e. The maximum atomic E-state index is 11.2. The lowest BCUT2D eigenvalue weighted by Crippen LogP contribution is -2.17. The van der Waals surface area contributed by atoms with Crippen molar-refractivity contribution in [1.29, 1.82) is 0 Å². The normalized spacial score (nSPS) is 12.5. The monoisotopic (exact) mass is 295 g/mol. The number of aromatic amines is 1. The highest BCUT2D eigenvalue weighted by Gasteiger charge is 2.13. The molecule has 2 aromatic rings. The SMILES string of the molecule is CCOC(=O)CC(O)CSc1nc2ccc(N)cc2[nH]1. The number of nitrogens with two attached hydrogens (primary N) is 1. The van der Waals surface area contributed by atoms with Crippen LogP contribution in [0, 0.1) is 0 Å². The highest BCUT2D eigenvalue weighted by molar-refractivity contribution is 7.99. The van der Waals surface area contributed by atoms with Crippen LogP contribution in [0.5, 0.6) is 0 Å². The van der Waals surface area contributed by atoms with Gasteiger partial charge in [0.05, 0.1) is 30.2 Å². The molecule has 20 heavy (non-hydrogen) atoms. The summed E-state index contributed by atoms with van der Waals surface area (Å²) in [5, 5.41) is 10.4. The molecule has 7 heteroatoms. The first-order valence-corrected chi connectivity index (χ1v) is 7.28. The van der Waals surface area contributed by atoms with Crippen molar-refractivity contribution < 1.29 is 14.6 Å². The number of fused-ring (bicyclic) bond motifs is 1. The van der Waals surface area contributed by atoms with E-state index in [9.17, 15) is 9.90 Å². The van der Waals surface area contributed by atoms with Crippen LogP contribution < -0.4 is 5.73 Å². The number of carbonyl (C=O) groups is 1. The molecule has 1 unspecified atom stereocenters. The summed E-state index contributed by atoms with van der Waals surface area (Å²) in [5.41, 5.74) is 8.03. The number of nitrogens with one attached hydrogen (secondary N) is 1. The highest BCUT2D eigenvalue weighted by atomic mass is 32.2. The standard InChI is InChI=1S/C13H17N3O3S/c1-2-19-12(18)6-9(17)7-20-13-15-10-4-3-8(14)5-11(10)16-13/h3-5,9,17H,2,6-7,14H2,1H3,(H,15,16). The second-order valence-corrected chi connectivity index (χ2v) is 5.30. The summed E-state index contributed by atoms with van der Waals surface area (Å²) >= 11 is 1.35. The minimum absolute atomic E-state index is 0.00594. The number of H-pyrrole nitrogens is 1. The quantitative estimate of drug-likeness (QED) is 0.424. The fourth-order valence-electron chi connectivity index (χ4n) is 1.72. The molecule has 0 saturated carbocycles.